The molecular weight excluding hydrogens is 320 g/mol. The Hall–Kier alpha value is -1.59. The smallest absolute Gasteiger partial charge is 0.308 e. The summed E-state index contributed by atoms with van der Waals surface area (Å²) < 4.78 is 25.8. The van der Waals surface area contributed by atoms with Crippen LogP contribution in [0.5, 0.6) is 0 Å². The summed E-state index contributed by atoms with van der Waals surface area (Å²) in [6.07, 6.45) is 0. The third-order valence-corrected chi connectivity index (χ3v) is 5.16. The lowest BCUT2D eigenvalue weighted by Gasteiger charge is -2.15. The number of amides is 1. The number of carbonyl (C=O) groups excluding carboxylic acids is 1. The first-order chi connectivity index (χ1) is 9.63. The molecule has 3 N–H and O–H groups in total. The molecule has 0 aliphatic rings. The Morgan fingerprint density at radius 1 is 1.33 bits per heavy atom. The Morgan fingerprint density at radius 2 is 1.95 bits per heavy atom. The van der Waals surface area contributed by atoms with Gasteiger partial charge in [0.25, 0.3) is 10.0 Å². The van der Waals surface area contributed by atoms with E-state index in [4.69, 9.17) is 5.11 Å². The number of anilines is 1. The molecule has 21 heavy (non-hydrogen) atoms. The minimum atomic E-state index is -3.96. The molecule has 9 nitrogen and oxygen atoms in total. The second-order valence-corrected chi connectivity index (χ2v) is 7.51. The van der Waals surface area contributed by atoms with Crippen molar-refractivity contribution < 1.29 is 23.1 Å². The Labute approximate surface area is 125 Å². The highest BCUT2D eigenvalue weighted by Crippen LogP contribution is 2.20. The molecule has 1 rings (SSSR count). The molecule has 0 aliphatic heterocycles. The molecule has 1 heterocycles. The van der Waals surface area contributed by atoms with Crippen LogP contribution in [0, 0.1) is 11.8 Å². The van der Waals surface area contributed by atoms with Crippen LogP contribution in [0.1, 0.15) is 20.8 Å². The highest BCUT2D eigenvalue weighted by molar-refractivity contribution is 7.91. The molecule has 0 saturated carbocycles. The van der Waals surface area contributed by atoms with Crippen molar-refractivity contribution >= 4 is 38.4 Å². The number of sulfonamides is 1. The van der Waals surface area contributed by atoms with Crippen molar-refractivity contribution in [3.05, 3.63) is 0 Å². The zero-order chi connectivity index (χ0) is 16.2. The number of rotatable bonds is 7. The van der Waals surface area contributed by atoms with Crippen LogP contribution in [0.4, 0.5) is 5.13 Å². The van der Waals surface area contributed by atoms with Crippen LogP contribution >= 0.6 is 11.3 Å². The monoisotopic (exact) mass is 336 g/mol. The van der Waals surface area contributed by atoms with Crippen LogP contribution in [0.25, 0.3) is 0 Å². The topological polar surface area (TPSA) is 138 Å². The lowest BCUT2D eigenvalue weighted by atomic mass is 9.97. The number of carboxylic acids is 1. The van der Waals surface area contributed by atoms with Crippen LogP contribution in [0.15, 0.2) is 4.34 Å². The number of nitrogens with one attached hydrogen (secondary N) is 2. The van der Waals surface area contributed by atoms with E-state index in [1.807, 2.05) is 0 Å². The predicted molar refractivity (Wildman–Crippen MR) is 75.4 cm³/mol. The van der Waals surface area contributed by atoms with Gasteiger partial charge in [-0.25, -0.2) is 13.1 Å². The summed E-state index contributed by atoms with van der Waals surface area (Å²) in [4.78, 5) is 21.8. The van der Waals surface area contributed by atoms with Gasteiger partial charge in [0.1, 0.15) is 0 Å². The zero-order valence-corrected chi connectivity index (χ0v) is 13.3. The molecule has 1 aromatic rings. The van der Waals surface area contributed by atoms with Gasteiger partial charge < -0.3 is 10.4 Å². The first kappa shape index (κ1) is 17.5. The van der Waals surface area contributed by atoms with Gasteiger partial charge in [-0.15, -0.1) is 10.2 Å². The third kappa shape index (κ3) is 5.02. The molecule has 0 bridgehead atoms. The fraction of sp³-hybridized carbons (Fsp3) is 0.600. The maximum atomic E-state index is 12.0. The molecule has 11 heteroatoms. The maximum absolute atomic E-state index is 12.0. The van der Waals surface area contributed by atoms with Crippen LogP contribution in [0.2, 0.25) is 0 Å². The summed E-state index contributed by atoms with van der Waals surface area (Å²) in [5.74, 6) is -2.55. The van der Waals surface area contributed by atoms with E-state index in [2.05, 4.69) is 20.2 Å². The molecule has 0 spiro atoms. The first-order valence-electron chi connectivity index (χ1n) is 5.97. The van der Waals surface area contributed by atoms with Crippen molar-refractivity contribution in [1.82, 2.24) is 14.9 Å². The standard InChI is InChI=1S/C10H16N4O5S2/c1-5(2)7(8(16)17)4-11-21(18,19)10-14-13-9(20-10)12-6(3)15/h5,7,11H,4H2,1-3H3,(H,16,17)(H,12,13,15). The van der Waals surface area contributed by atoms with Gasteiger partial charge in [0.15, 0.2) is 0 Å². The van der Waals surface area contributed by atoms with E-state index in [1.54, 1.807) is 13.8 Å². The molecular formula is C10H16N4O5S2. The lowest BCUT2D eigenvalue weighted by Crippen LogP contribution is -2.35. The Bertz CT molecular complexity index is 625. The minimum absolute atomic E-state index is 0.0570. The average molecular weight is 336 g/mol. The normalized spacial score (nSPS) is 13.1. The Kier molecular flexibility index (Phi) is 5.75. The van der Waals surface area contributed by atoms with Gasteiger partial charge in [-0.3, -0.25) is 9.59 Å². The molecule has 0 aliphatic carbocycles. The van der Waals surface area contributed by atoms with Gasteiger partial charge in [0, 0.05) is 13.5 Å². The molecule has 1 amide bonds. The maximum Gasteiger partial charge on any atom is 0.308 e. The highest BCUT2D eigenvalue weighted by atomic mass is 32.2. The summed E-state index contributed by atoms with van der Waals surface area (Å²) >= 11 is 0.685. The number of aliphatic carboxylic acids is 1. The van der Waals surface area contributed by atoms with E-state index in [9.17, 15) is 18.0 Å². The van der Waals surface area contributed by atoms with Gasteiger partial charge in [0.2, 0.25) is 15.4 Å². The molecule has 0 radical (unpaired) electrons. The van der Waals surface area contributed by atoms with E-state index in [-0.39, 0.29) is 21.9 Å². The van der Waals surface area contributed by atoms with Gasteiger partial charge in [-0.05, 0) is 5.92 Å². The largest absolute Gasteiger partial charge is 0.481 e. The van der Waals surface area contributed by atoms with E-state index in [1.165, 1.54) is 6.92 Å². The number of hydrogen-bond donors (Lipinski definition) is 3. The molecule has 0 aromatic carbocycles. The first-order valence-corrected chi connectivity index (χ1v) is 8.27. The summed E-state index contributed by atoms with van der Waals surface area (Å²) in [6.45, 7) is 4.39. The van der Waals surface area contributed by atoms with Crippen LogP contribution in [0.3, 0.4) is 0 Å². The summed E-state index contributed by atoms with van der Waals surface area (Å²) in [5, 5.41) is 18.4. The van der Waals surface area contributed by atoms with E-state index >= 15 is 0 Å². The SMILES string of the molecule is CC(=O)Nc1nnc(S(=O)(=O)NCC(C(=O)O)C(C)C)s1. The van der Waals surface area contributed by atoms with Gasteiger partial charge in [0.05, 0.1) is 5.92 Å². The molecule has 118 valence electrons. The van der Waals surface area contributed by atoms with Crippen molar-refractivity contribution in [3.63, 3.8) is 0 Å². The van der Waals surface area contributed by atoms with Crippen LogP contribution in [-0.4, -0.2) is 42.1 Å². The Morgan fingerprint density at radius 3 is 2.43 bits per heavy atom. The number of aromatic nitrogens is 2. The van der Waals surface area contributed by atoms with Crippen LogP contribution < -0.4 is 10.0 Å². The molecule has 0 saturated heterocycles. The van der Waals surface area contributed by atoms with Gasteiger partial charge in [-0.1, -0.05) is 25.2 Å². The molecule has 1 atom stereocenters. The second kappa shape index (κ2) is 6.91. The quantitative estimate of drug-likeness (QED) is 0.601. The average Bonchev–Trinajstić information content (AvgIpc) is 2.76. The third-order valence-electron chi connectivity index (χ3n) is 2.53. The van der Waals surface area contributed by atoms with E-state index in [0.717, 1.165) is 0 Å². The van der Waals surface area contributed by atoms with E-state index in [0.29, 0.717) is 11.3 Å². The predicted octanol–water partition coefficient (Wildman–Crippen LogP) is 0.132. The van der Waals surface area contributed by atoms with E-state index < -0.39 is 27.8 Å². The van der Waals surface area contributed by atoms with Crippen molar-refractivity contribution in [3.8, 4) is 0 Å². The van der Waals surface area contributed by atoms with Crippen molar-refractivity contribution in [2.45, 2.75) is 25.1 Å². The Balaban J connectivity index is 2.79. The molecule has 1 aromatic heterocycles. The lowest BCUT2D eigenvalue weighted by molar-refractivity contribution is -0.142. The molecule has 1 unspecified atom stereocenters. The number of hydrogen-bond acceptors (Lipinski definition) is 7. The number of carboxylic acid groups (broad SMARTS) is 1. The van der Waals surface area contributed by atoms with Gasteiger partial charge in [-0.2, -0.15) is 0 Å². The number of nitrogens with zero attached hydrogens (tertiary/aromatic N) is 2. The fourth-order valence-corrected chi connectivity index (χ4v) is 3.44. The van der Waals surface area contributed by atoms with Gasteiger partial charge >= 0.3 is 5.97 Å². The van der Waals surface area contributed by atoms with Crippen molar-refractivity contribution in [2.75, 3.05) is 11.9 Å². The van der Waals surface area contributed by atoms with Crippen molar-refractivity contribution in [1.29, 1.82) is 0 Å². The summed E-state index contributed by atoms with van der Waals surface area (Å²) in [7, 11) is -3.96. The highest BCUT2D eigenvalue weighted by Gasteiger charge is 2.26. The van der Waals surface area contributed by atoms with Crippen molar-refractivity contribution in [2.24, 2.45) is 11.8 Å². The number of carbonyl (C=O) groups is 2. The zero-order valence-electron chi connectivity index (χ0n) is 11.7. The summed E-state index contributed by atoms with van der Waals surface area (Å²) in [6, 6.07) is 0. The van der Waals surface area contributed by atoms with Crippen LogP contribution in [-0.2, 0) is 19.6 Å². The second-order valence-electron chi connectivity index (χ2n) is 4.59. The minimum Gasteiger partial charge on any atom is -0.481 e. The molecule has 0 fully saturated rings. The fourth-order valence-electron chi connectivity index (χ4n) is 1.39. The summed E-state index contributed by atoms with van der Waals surface area (Å²) in [5.41, 5.74) is 0.